The van der Waals surface area contributed by atoms with Gasteiger partial charge in [0.1, 0.15) is 4.88 Å². The maximum atomic E-state index is 12.3. The van der Waals surface area contributed by atoms with Crippen LogP contribution in [-0.2, 0) is 23.6 Å². The first kappa shape index (κ1) is 25.0. The van der Waals surface area contributed by atoms with Gasteiger partial charge in [0.15, 0.2) is 0 Å². The second-order valence-electron chi connectivity index (χ2n) is 8.99. The number of nitrogens with zero attached hydrogens (tertiary/aromatic N) is 3. The second kappa shape index (κ2) is 9.64. The Bertz CT molecular complexity index is 1540. The van der Waals surface area contributed by atoms with Crippen molar-refractivity contribution < 1.29 is 18.3 Å². The summed E-state index contributed by atoms with van der Waals surface area (Å²) in [6.45, 7) is 2.32. The van der Waals surface area contributed by atoms with Crippen LogP contribution < -0.4 is 0 Å². The molecule has 0 amide bonds. The molecule has 1 aliphatic heterocycles. The third-order valence-corrected chi connectivity index (χ3v) is 9.45. The van der Waals surface area contributed by atoms with E-state index < -0.39 is 16.0 Å². The summed E-state index contributed by atoms with van der Waals surface area (Å²) in [5.74, 6) is -0.951. The van der Waals surface area contributed by atoms with Gasteiger partial charge in [-0.2, -0.15) is 4.31 Å². The number of sulfonamides is 1. The summed E-state index contributed by atoms with van der Waals surface area (Å²) in [6, 6.07) is 17.7. The van der Waals surface area contributed by atoms with Gasteiger partial charge in [-0.3, -0.25) is 4.90 Å². The smallest absolute Gasteiger partial charge is 0.346 e. The van der Waals surface area contributed by atoms with Crippen molar-refractivity contribution in [2.45, 2.75) is 6.54 Å². The number of aromatic nitrogens is 1. The fourth-order valence-corrected chi connectivity index (χ4v) is 7.15. The molecule has 4 aromatic rings. The highest BCUT2D eigenvalue weighted by Gasteiger charge is 2.30. The summed E-state index contributed by atoms with van der Waals surface area (Å²) in [6.07, 6.45) is 1.22. The van der Waals surface area contributed by atoms with E-state index in [4.69, 9.17) is 11.6 Å². The van der Waals surface area contributed by atoms with E-state index in [-0.39, 0.29) is 0 Å². The average Bonchev–Trinajstić information content (AvgIpc) is 3.35. The Kier molecular flexibility index (Phi) is 6.69. The molecule has 1 saturated heterocycles. The van der Waals surface area contributed by atoms with Crippen LogP contribution in [0, 0.1) is 0 Å². The third-order valence-electron chi connectivity index (χ3n) is 6.67. The summed E-state index contributed by atoms with van der Waals surface area (Å²) in [5.41, 5.74) is 5.66. The maximum absolute atomic E-state index is 12.3. The van der Waals surface area contributed by atoms with Crippen LogP contribution in [0.15, 0.2) is 54.6 Å². The van der Waals surface area contributed by atoms with Crippen molar-refractivity contribution in [3.8, 4) is 22.4 Å². The third kappa shape index (κ3) is 4.57. The molecule has 0 spiro atoms. The summed E-state index contributed by atoms with van der Waals surface area (Å²) in [4.78, 5) is 14.8. The monoisotopic (exact) mass is 543 g/mol. The Morgan fingerprint density at radius 2 is 1.64 bits per heavy atom. The highest BCUT2D eigenvalue weighted by Crippen LogP contribution is 2.46. The first-order chi connectivity index (χ1) is 17.1. The molecule has 0 saturated carbocycles. The number of piperazine rings is 1. The van der Waals surface area contributed by atoms with Crippen LogP contribution in [0.3, 0.4) is 0 Å². The lowest BCUT2D eigenvalue weighted by atomic mass is 10.0. The molecule has 188 valence electrons. The summed E-state index contributed by atoms with van der Waals surface area (Å²) < 4.78 is 28.3. The Balaban J connectivity index is 1.66. The maximum Gasteiger partial charge on any atom is 0.346 e. The molecule has 0 radical (unpaired) electrons. The van der Waals surface area contributed by atoms with Gasteiger partial charge in [-0.25, -0.2) is 13.2 Å². The van der Waals surface area contributed by atoms with Crippen LogP contribution in [0.5, 0.6) is 0 Å². The molecule has 7 nitrogen and oxygen atoms in total. The summed E-state index contributed by atoms with van der Waals surface area (Å²) in [5, 5.41) is 10.8. The van der Waals surface area contributed by atoms with E-state index in [9.17, 15) is 18.3 Å². The first-order valence-electron chi connectivity index (χ1n) is 11.5. The van der Waals surface area contributed by atoms with E-state index >= 15 is 0 Å². The van der Waals surface area contributed by atoms with E-state index in [0.717, 1.165) is 38.2 Å². The first-order valence-corrected chi connectivity index (χ1v) is 14.6. The molecule has 0 bridgehead atoms. The molecule has 5 rings (SSSR count). The summed E-state index contributed by atoms with van der Waals surface area (Å²) >= 11 is 7.46. The van der Waals surface area contributed by atoms with Crippen molar-refractivity contribution in [1.29, 1.82) is 0 Å². The Labute approximate surface area is 219 Å². The lowest BCUT2D eigenvalue weighted by molar-refractivity contribution is 0.0699. The molecule has 36 heavy (non-hydrogen) atoms. The number of benzene rings is 2. The number of hydrogen-bond donors (Lipinski definition) is 1. The van der Waals surface area contributed by atoms with Gasteiger partial charge in [0.25, 0.3) is 0 Å². The van der Waals surface area contributed by atoms with Crippen molar-refractivity contribution in [2.24, 2.45) is 7.05 Å². The predicted molar refractivity (Wildman–Crippen MR) is 145 cm³/mol. The van der Waals surface area contributed by atoms with E-state index in [0.29, 0.717) is 42.6 Å². The standard InChI is InChI=1S/C26H26ClN3O4S2/c1-28-22(18-8-10-19(27)11-9-18)21(17-6-4-3-5-7-17)25-23(28)20(24(35-25)26(31)32)16-29-12-14-30(15-13-29)36(2,33)34/h3-11H,12-16H2,1-2H3,(H,31,32). The lowest BCUT2D eigenvalue weighted by Crippen LogP contribution is -2.47. The van der Waals surface area contributed by atoms with Gasteiger partial charge in [-0.1, -0.05) is 54.1 Å². The van der Waals surface area contributed by atoms with Gasteiger partial charge in [0, 0.05) is 55.9 Å². The molecule has 3 heterocycles. The van der Waals surface area contributed by atoms with Crippen molar-refractivity contribution in [3.05, 3.63) is 70.1 Å². The number of aryl methyl sites for hydroxylation is 1. The number of carbonyl (C=O) groups is 1. The van der Waals surface area contributed by atoms with E-state index in [1.807, 2.05) is 61.6 Å². The van der Waals surface area contributed by atoms with E-state index in [1.54, 1.807) is 0 Å². The normalized spacial score (nSPS) is 15.5. The Morgan fingerprint density at radius 3 is 2.22 bits per heavy atom. The summed E-state index contributed by atoms with van der Waals surface area (Å²) in [7, 11) is -1.27. The zero-order chi connectivity index (χ0) is 25.6. The van der Waals surface area contributed by atoms with Crippen molar-refractivity contribution in [3.63, 3.8) is 0 Å². The number of halogens is 1. The molecule has 2 aromatic heterocycles. The quantitative estimate of drug-likeness (QED) is 0.370. The minimum Gasteiger partial charge on any atom is -0.477 e. The second-order valence-corrected chi connectivity index (χ2v) is 12.4. The minimum absolute atomic E-state index is 0.320. The van der Waals surface area contributed by atoms with Gasteiger partial charge >= 0.3 is 5.97 Å². The number of hydrogen-bond acceptors (Lipinski definition) is 5. The van der Waals surface area contributed by atoms with Crippen LogP contribution in [0.2, 0.25) is 5.02 Å². The number of aromatic carboxylic acids is 1. The minimum atomic E-state index is -3.24. The fraction of sp³-hybridized carbons (Fsp3) is 0.269. The number of fused-ring (bicyclic) bond motifs is 1. The topological polar surface area (TPSA) is 82.8 Å². The fourth-order valence-electron chi connectivity index (χ4n) is 4.95. The highest BCUT2D eigenvalue weighted by atomic mass is 35.5. The van der Waals surface area contributed by atoms with E-state index in [2.05, 4.69) is 9.47 Å². The Morgan fingerprint density at radius 1 is 1.00 bits per heavy atom. The van der Waals surface area contributed by atoms with E-state index in [1.165, 1.54) is 21.9 Å². The molecule has 1 aliphatic rings. The van der Waals surface area contributed by atoms with Gasteiger partial charge in [-0.15, -0.1) is 11.3 Å². The average molecular weight is 544 g/mol. The molecule has 1 N–H and O–H groups in total. The van der Waals surface area contributed by atoms with Gasteiger partial charge in [-0.05, 0) is 23.3 Å². The SMILES string of the molecule is Cn1c(-c2ccc(Cl)cc2)c(-c2ccccc2)c2sc(C(=O)O)c(CN3CCN(S(C)(=O)=O)CC3)c21. The van der Waals surface area contributed by atoms with Gasteiger partial charge < -0.3 is 9.67 Å². The van der Waals surface area contributed by atoms with Crippen LogP contribution in [0.4, 0.5) is 0 Å². The van der Waals surface area contributed by atoms with Crippen molar-refractivity contribution in [1.82, 2.24) is 13.8 Å². The Hall–Kier alpha value is -2.69. The number of carboxylic acids is 1. The molecule has 10 heteroatoms. The molecule has 0 atom stereocenters. The van der Waals surface area contributed by atoms with Crippen molar-refractivity contribution >= 4 is 49.1 Å². The van der Waals surface area contributed by atoms with Crippen molar-refractivity contribution in [2.75, 3.05) is 32.4 Å². The zero-order valence-electron chi connectivity index (χ0n) is 19.9. The molecular weight excluding hydrogens is 518 g/mol. The lowest BCUT2D eigenvalue weighted by Gasteiger charge is -2.33. The highest BCUT2D eigenvalue weighted by molar-refractivity contribution is 7.88. The predicted octanol–water partition coefficient (Wildman–Crippen LogP) is 5.00. The van der Waals surface area contributed by atoms with Crippen LogP contribution >= 0.6 is 22.9 Å². The molecule has 2 aromatic carbocycles. The van der Waals surface area contributed by atoms with Crippen LogP contribution in [0.25, 0.3) is 32.6 Å². The largest absolute Gasteiger partial charge is 0.477 e. The number of rotatable bonds is 6. The molecule has 0 aliphatic carbocycles. The van der Waals surface area contributed by atoms with Gasteiger partial charge in [0.05, 0.1) is 22.2 Å². The molecule has 1 fully saturated rings. The molecule has 0 unspecified atom stereocenters. The number of thiophene rings is 1. The zero-order valence-corrected chi connectivity index (χ0v) is 22.3. The number of carboxylic acid groups (broad SMARTS) is 1. The van der Waals surface area contributed by atoms with Gasteiger partial charge in [0.2, 0.25) is 10.0 Å². The molecular formula is C26H26ClN3O4S2. The van der Waals surface area contributed by atoms with Crippen LogP contribution in [-0.4, -0.2) is 65.7 Å². The van der Waals surface area contributed by atoms with Crippen LogP contribution in [0.1, 0.15) is 15.2 Å².